The minimum absolute atomic E-state index is 0.0523. The van der Waals surface area contributed by atoms with Crippen molar-refractivity contribution in [2.45, 2.75) is 37.8 Å². The van der Waals surface area contributed by atoms with E-state index in [0.717, 1.165) is 5.57 Å². The molecule has 1 N–H and O–H groups in total. The van der Waals surface area contributed by atoms with E-state index in [-0.39, 0.29) is 19.6 Å². The smallest absolute Gasteiger partial charge is 0.332 e. The van der Waals surface area contributed by atoms with Gasteiger partial charge in [-0.15, -0.1) is 0 Å². The summed E-state index contributed by atoms with van der Waals surface area (Å²) >= 11 is 0. The highest BCUT2D eigenvalue weighted by molar-refractivity contribution is 6.02. The lowest BCUT2D eigenvalue weighted by Crippen LogP contribution is -2.64. The van der Waals surface area contributed by atoms with Gasteiger partial charge >= 0.3 is 17.9 Å². The van der Waals surface area contributed by atoms with Crippen molar-refractivity contribution in [3.63, 3.8) is 0 Å². The summed E-state index contributed by atoms with van der Waals surface area (Å²) in [5.41, 5.74) is -1.02. The van der Waals surface area contributed by atoms with Crippen LogP contribution in [0, 0.1) is 5.41 Å². The minimum atomic E-state index is -1.77. The van der Waals surface area contributed by atoms with Crippen LogP contribution in [0.1, 0.15) is 13.3 Å². The fraction of sp³-hybridized carbons (Fsp3) is 0.643. The Hall–Kier alpha value is -1.93. The molecule has 8 heteroatoms. The number of hydrogen-bond donors (Lipinski definition) is 1. The minimum Gasteiger partial charge on any atom is -0.480 e. The van der Waals surface area contributed by atoms with Crippen LogP contribution >= 0.6 is 0 Å². The van der Waals surface area contributed by atoms with Gasteiger partial charge in [0.25, 0.3) is 0 Å². The zero-order chi connectivity index (χ0) is 16.1. The van der Waals surface area contributed by atoms with Gasteiger partial charge in [-0.25, -0.2) is 4.79 Å². The van der Waals surface area contributed by atoms with Gasteiger partial charge in [-0.05, 0) is 6.92 Å². The third kappa shape index (κ3) is 2.02. The van der Waals surface area contributed by atoms with E-state index in [1.165, 1.54) is 0 Å². The second kappa shape index (κ2) is 5.06. The molecule has 4 heterocycles. The summed E-state index contributed by atoms with van der Waals surface area (Å²) in [5, 5.41) is 9.38. The van der Waals surface area contributed by atoms with Gasteiger partial charge < -0.3 is 24.1 Å². The maximum absolute atomic E-state index is 11.9. The van der Waals surface area contributed by atoms with Crippen molar-refractivity contribution in [1.29, 1.82) is 0 Å². The summed E-state index contributed by atoms with van der Waals surface area (Å²) in [7, 11) is 0. The van der Waals surface area contributed by atoms with E-state index in [1.54, 1.807) is 6.92 Å². The Morgan fingerprint density at radius 1 is 1.45 bits per heavy atom. The van der Waals surface area contributed by atoms with Crippen LogP contribution in [0.5, 0.6) is 0 Å². The maximum Gasteiger partial charge on any atom is 0.332 e. The normalized spacial score (nSPS) is 38.0. The van der Waals surface area contributed by atoms with Crippen LogP contribution in [0.4, 0.5) is 0 Å². The average Bonchev–Trinajstić information content (AvgIpc) is 2.93. The van der Waals surface area contributed by atoms with Crippen molar-refractivity contribution in [2.75, 3.05) is 13.2 Å². The van der Waals surface area contributed by atoms with Gasteiger partial charge in [-0.2, -0.15) is 0 Å². The van der Waals surface area contributed by atoms with Gasteiger partial charge in [0.05, 0.1) is 6.61 Å². The molecule has 5 atom stereocenters. The van der Waals surface area contributed by atoms with Gasteiger partial charge in [0.2, 0.25) is 0 Å². The number of ether oxygens (including phenoxy) is 4. The highest BCUT2D eigenvalue weighted by Crippen LogP contribution is 2.55. The maximum atomic E-state index is 11.9. The predicted octanol–water partition coefficient (Wildman–Crippen LogP) is -0.342. The molecule has 4 rings (SSSR count). The topological polar surface area (TPSA) is 108 Å². The third-order valence-corrected chi connectivity index (χ3v) is 4.14. The Bertz CT molecular complexity index is 555. The lowest BCUT2D eigenvalue weighted by molar-refractivity contribution is -0.208. The summed E-state index contributed by atoms with van der Waals surface area (Å²) in [6.45, 7) is 5.32. The molecule has 22 heavy (non-hydrogen) atoms. The zero-order valence-corrected chi connectivity index (χ0v) is 11.9. The van der Waals surface area contributed by atoms with E-state index in [9.17, 15) is 19.5 Å². The summed E-state index contributed by atoms with van der Waals surface area (Å²) in [5.74, 6) is -2.80. The second-order valence-corrected chi connectivity index (χ2v) is 5.85. The van der Waals surface area contributed by atoms with E-state index in [2.05, 4.69) is 6.58 Å². The first kappa shape index (κ1) is 15.0. The Morgan fingerprint density at radius 2 is 2.18 bits per heavy atom. The molecule has 0 aromatic rings. The lowest BCUT2D eigenvalue weighted by atomic mass is 9.69. The van der Waals surface area contributed by atoms with Crippen LogP contribution in [-0.4, -0.2) is 60.6 Å². The Labute approximate surface area is 126 Å². The molecule has 0 aromatic carbocycles. The Kier molecular flexibility index (Phi) is 3.45. The molecule has 4 fully saturated rings. The molecule has 8 nitrogen and oxygen atoms in total. The predicted molar refractivity (Wildman–Crippen MR) is 68.7 cm³/mol. The van der Waals surface area contributed by atoms with Crippen LogP contribution in [0.15, 0.2) is 12.2 Å². The van der Waals surface area contributed by atoms with Crippen LogP contribution in [0.3, 0.4) is 0 Å². The standard InChI is InChI=1S/C14H16O8/c1-6(2)4-19-5-8(15)21-10-9-7-3-14(12(16)17,11(10)20-7)13(18)22-9/h7,9-11H,1,3-5H2,2H3,(H,16,17). The van der Waals surface area contributed by atoms with Crippen LogP contribution in [0.25, 0.3) is 0 Å². The molecule has 4 saturated heterocycles. The van der Waals surface area contributed by atoms with Crippen molar-refractivity contribution >= 4 is 17.9 Å². The van der Waals surface area contributed by atoms with Crippen LogP contribution in [-0.2, 0) is 33.3 Å². The first-order chi connectivity index (χ1) is 10.4. The highest BCUT2D eigenvalue weighted by Gasteiger charge is 2.76. The number of fused-ring (bicyclic) bond motifs is 1. The SMILES string of the molecule is C=C(C)COCC(=O)OC1C2OC(=O)C3(C(=O)O)CC2OC13. The lowest BCUT2D eigenvalue weighted by Gasteiger charge is -2.42. The summed E-state index contributed by atoms with van der Waals surface area (Å²) in [6, 6.07) is 0. The summed E-state index contributed by atoms with van der Waals surface area (Å²) in [6.07, 6.45) is -3.16. The molecule has 4 aliphatic rings. The summed E-state index contributed by atoms with van der Waals surface area (Å²) in [4.78, 5) is 35.1. The molecule has 4 aliphatic heterocycles. The largest absolute Gasteiger partial charge is 0.480 e. The van der Waals surface area contributed by atoms with Crippen LogP contribution in [0.2, 0.25) is 0 Å². The van der Waals surface area contributed by atoms with E-state index in [0.29, 0.717) is 0 Å². The number of rotatable bonds is 6. The molecule has 0 saturated carbocycles. The molecule has 120 valence electrons. The first-order valence-electron chi connectivity index (χ1n) is 6.88. The van der Waals surface area contributed by atoms with E-state index < -0.39 is 47.7 Å². The third-order valence-electron chi connectivity index (χ3n) is 4.14. The number of carboxylic acids is 1. The molecule has 4 bridgehead atoms. The molecular formula is C14H16O8. The van der Waals surface area contributed by atoms with Crippen molar-refractivity contribution in [3.8, 4) is 0 Å². The monoisotopic (exact) mass is 312 g/mol. The van der Waals surface area contributed by atoms with Crippen molar-refractivity contribution in [3.05, 3.63) is 12.2 Å². The van der Waals surface area contributed by atoms with Crippen LogP contribution < -0.4 is 0 Å². The number of carbonyl (C=O) groups is 3. The number of hydrogen-bond acceptors (Lipinski definition) is 7. The molecule has 0 radical (unpaired) electrons. The molecule has 0 spiro atoms. The highest BCUT2D eigenvalue weighted by atomic mass is 16.7. The van der Waals surface area contributed by atoms with E-state index >= 15 is 0 Å². The van der Waals surface area contributed by atoms with Crippen molar-refractivity contribution in [1.82, 2.24) is 0 Å². The number of esters is 2. The van der Waals surface area contributed by atoms with Gasteiger partial charge in [0, 0.05) is 6.42 Å². The Balaban J connectivity index is 1.67. The van der Waals surface area contributed by atoms with E-state index in [1.807, 2.05) is 0 Å². The van der Waals surface area contributed by atoms with Crippen molar-refractivity contribution in [2.24, 2.45) is 5.41 Å². The number of carboxylic acid groups (broad SMARTS) is 1. The fourth-order valence-electron chi connectivity index (χ4n) is 3.21. The first-order valence-corrected chi connectivity index (χ1v) is 6.88. The van der Waals surface area contributed by atoms with Gasteiger partial charge in [-0.3, -0.25) is 9.59 Å². The average molecular weight is 312 g/mol. The summed E-state index contributed by atoms with van der Waals surface area (Å²) < 4.78 is 20.9. The van der Waals surface area contributed by atoms with E-state index in [4.69, 9.17) is 18.9 Å². The van der Waals surface area contributed by atoms with Crippen molar-refractivity contribution < 1.29 is 38.4 Å². The molecule has 0 aromatic heterocycles. The quantitative estimate of drug-likeness (QED) is 0.403. The van der Waals surface area contributed by atoms with Gasteiger partial charge in [0.15, 0.2) is 17.6 Å². The second-order valence-electron chi connectivity index (χ2n) is 5.85. The van der Waals surface area contributed by atoms with Gasteiger partial charge in [-0.1, -0.05) is 12.2 Å². The number of aliphatic carboxylic acids is 1. The van der Waals surface area contributed by atoms with Gasteiger partial charge in [0.1, 0.15) is 18.8 Å². The Morgan fingerprint density at radius 3 is 2.82 bits per heavy atom. The molecule has 0 amide bonds. The molecule has 5 unspecified atom stereocenters. The molecular weight excluding hydrogens is 296 g/mol. The molecule has 0 aliphatic carbocycles. The number of carbonyl (C=O) groups excluding carboxylic acids is 2. The zero-order valence-electron chi connectivity index (χ0n) is 11.9. The fourth-order valence-corrected chi connectivity index (χ4v) is 3.21.